The number of nitrogens with zero attached hydrogens (tertiary/aromatic N) is 4. The minimum absolute atomic E-state index is 0.325. The van der Waals surface area contributed by atoms with Crippen molar-refractivity contribution >= 4 is 17.3 Å². The van der Waals surface area contributed by atoms with Crippen molar-refractivity contribution in [3.8, 4) is 11.4 Å². The van der Waals surface area contributed by atoms with Gasteiger partial charge in [-0.3, -0.25) is 0 Å². The molecule has 1 fully saturated rings. The van der Waals surface area contributed by atoms with E-state index in [0.717, 1.165) is 18.4 Å². The predicted molar refractivity (Wildman–Crippen MR) is 83.9 cm³/mol. The molecule has 112 valence electrons. The molecule has 0 aliphatic heterocycles. The van der Waals surface area contributed by atoms with Gasteiger partial charge in [-0.05, 0) is 53.7 Å². The topological polar surface area (TPSA) is 69.6 Å². The van der Waals surface area contributed by atoms with Crippen molar-refractivity contribution in [3.63, 3.8) is 0 Å². The van der Waals surface area contributed by atoms with Crippen LogP contribution in [0.25, 0.3) is 11.4 Å². The largest absolute Gasteiger partial charge is 0.398 e. The summed E-state index contributed by atoms with van der Waals surface area (Å²) in [5.74, 6) is 2.08. The number of hydrogen-bond acceptors (Lipinski definition) is 4. The summed E-state index contributed by atoms with van der Waals surface area (Å²) in [5, 5.41) is 12.8. The van der Waals surface area contributed by atoms with E-state index in [0.29, 0.717) is 34.4 Å². The Morgan fingerprint density at radius 2 is 1.90 bits per heavy atom. The van der Waals surface area contributed by atoms with E-state index in [1.807, 2.05) is 16.8 Å². The van der Waals surface area contributed by atoms with Crippen LogP contribution in [0, 0.1) is 11.8 Å². The number of benzene rings is 1. The van der Waals surface area contributed by atoms with Gasteiger partial charge in [-0.25, -0.2) is 4.68 Å². The van der Waals surface area contributed by atoms with Gasteiger partial charge in [0.15, 0.2) is 5.82 Å². The van der Waals surface area contributed by atoms with Crippen molar-refractivity contribution in [2.75, 3.05) is 5.73 Å². The number of tetrazole rings is 1. The van der Waals surface area contributed by atoms with E-state index in [-0.39, 0.29) is 0 Å². The number of nitrogen functional groups attached to an aromatic ring is 1. The first-order chi connectivity index (χ1) is 10.1. The Morgan fingerprint density at radius 1 is 1.19 bits per heavy atom. The van der Waals surface area contributed by atoms with E-state index in [2.05, 4.69) is 29.4 Å². The summed E-state index contributed by atoms with van der Waals surface area (Å²) in [6.45, 7) is 4.58. The normalized spacial score (nSPS) is 26.0. The molecular formula is C15H20ClN5. The zero-order chi connectivity index (χ0) is 15.0. The van der Waals surface area contributed by atoms with Crippen LogP contribution in [0.5, 0.6) is 0 Å². The summed E-state index contributed by atoms with van der Waals surface area (Å²) in [7, 11) is 0. The van der Waals surface area contributed by atoms with E-state index >= 15 is 0 Å². The highest BCUT2D eigenvalue weighted by atomic mass is 35.5. The lowest BCUT2D eigenvalue weighted by molar-refractivity contribution is 0.209. The number of aromatic nitrogens is 4. The van der Waals surface area contributed by atoms with E-state index in [1.165, 1.54) is 6.42 Å². The molecule has 1 aliphatic carbocycles. The van der Waals surface area contributed by atoms with E-state index in [1.54, 1.807) is 6.07 Å². The Labute approximate surface area is 129 Å². The molecule has 0 amide bonds. The molecule has 3 rings (SSSR count). The van der Waals surface area contributed by atoms with Gasteiger partial charge in [-0.2, -0.15) is 0 Å². The maximum Gasteiger partial charge on any atom is 0.183 e. The predicted octanol–water partition coefficient (Wildman–Crippen LogP) is 3.57. The Bertz CT molecular complexity index is 629. The summed E-state index contributed by atoms with van der Waals surface area (Å²) in [5.41, 5.74) is 7.24. The third-order valence-electron chi connectivity index (χ3n) is 4.26. The van der Waals surface area contributed by atoms with Crippen LogP contribution in [0.15, 0.2) is 18.2 Å². The van der Waals surface area contributed by atoms with Gasteiger partial charge in [-0.1, -0.05) is 31.5 Å². The summed E-state index contributed by atoms with van der Waals surface area (Å²) in [6.07, 6.45) is 3.47. The second kappa shape index (κ2) is 5.64. The Balaban J connectivity index is 1.99. The van der Waals surface area contributed by atoms with Gasteiger partial charge in [0.25, 0.3) is 0 Å². The molecule has 1 aromatic carbocycles. The van der Waals surface area contributed by atoms with Crippen molar-refractivity contribution in [2.24, 2.45) is 11.8 Å². The molecule has 2 atom stereocenters. The van der Waals surface area contributed by atoms with Crippen LogP contribution in [0.4, 0.5) is 5.69 Å². The summed E-state index contributed by atoms with van der Waals surface area (Å²) in [4.78, 5) is 0. The number of halogens is 1. The average molecular weight is 306 g/mol. The minimum Gasteiger partial charge on any atom is -0.398 e. The molecule has 21 heavy (non-hydrogen) atoms. The molecule has 0 saturated heterocycles. The quantitative estimate of drug-likeness (QED) is 0.861. The molecule has 1 aliphatic rings. The zero-order valence-corrected chi connectivity index (χ0v) is 13.1. The van der Waals surface area contributed by atoms with Crippen molar-refractivity contribution in [1.29, 1.82) is 0 Å². The highest BCUT2D eigenvalue weighted by molar-refractivity contribution is 6.35. The molecule has 6 heteroatoms. The minimum atomic E-state index is 0.325. The van der Waals surface area contributed by atoms with E-state index in [4.69, 9.17) is 17.3 Å². The molecule has 1 heterocycles. The number of rotatable bonds is 2. The lowest BCUT2D eigenvalue weighted by atomic mass is 9.80. The zero-order valence-electron chi connectivity index (χ0n) is 12.3. The second-order valence-electron chi connectivity index (χ2n) is 6.23. The van der Waals surface area contributed by atoms with Crippen LogP contribution in [-0.2, 0) is 0 Å². The van der Waals surface area contributed by atoms with Crippen LogP contribution in [0.3, 0.4) is 0 Å². The maximum atomic E-state index is 6.32. The fourth-order valence-corrected chi connectivity index (χ4v) is 3.65. The van der Waals surface area contributed by atoms with Crippen LogP contribution >= 0.6 is 11.6 Å². The number of nitrogens with two attached hydrogens (primary N) is 1. The van der Waals surface area contributed by atoms with Gasteiger partial charge in [0.05, 0.1) is 16.8 Å². The molecular weight excluding hydrogens is 286 g/mol. The van der Waals surface area contributed by atoms with E-state index < -0.39 is 0 Å². The van der Waals surface area contributed by atoms with Crippen LogP contribution in [0.2, 0.25) is 5.02 Å². The van der Waals surface area contributed by atoms with Gasteiger partial charge in [0, 0.05) is 5.56 Å². The summed E-state index contributed by atoms with van der Waals surface area (Å²) >= 11 is 6.32. The Hall–Kier alpha value is -1.62. The molecule has 2 aromatic rings. The standard InChI is InChI=1S/C15H20ClN5/c1-9-6-10(2)8-11(7-9)21-15(18-19-20-21)12-4-3-5-13(17)14(12)16/h3-5,9-11H,6-8,17H2,1-2H3. The lowest BCUT2D eigenvalue weighted by Crippen LogP contribution is -2.24. The van der Waals surface area contributed by atoms with Gasteiger partial charge in [-0.15, -0.1) is 5.10 Å². The van der Waals surface area contributed by atoms with Gasteiger partial charge in [0.1, 0.15) is 0 Å². The Kier molecular flexibility index (Phi) is 3.85. The number of hydrogen-bond donors (Lipinski definition) is 1. The molecule has 1 saturated carbocycles. The molecule has 0 radical (unpaired) electrons. The molecule has 5 nitrogen and oxygen atoms in total. The summed E-state index contributed by atoms with van der Waals surface area (Å²) < 4.78 is 1.92. The molecule has 2 unspecified atom stereocenters. The van der Waals surface area contributed by atoms with Gasteiger partial charge in [0.2, 0.25) is 0 Å². The van der Waals surface area contributed by atoms with E-state index in [9.17, 15) is 0 Å². The van der Waals surface area contributed by atoms with Crippen LogP contribution < -0.4 is 5.73 Å². The fraction of sp³-hybridized carbons (Fsp3) is 0.533. The fourth-order valence-electron chi connectivity index (χ4n) is 3.44. The lowest BCUT2D eigenvalue weighted by Gasteiger charge is -2.31. The smallest absolute Gasteiger partial charge is 0.183 e. The third-order valence-corrected chi connectivity index (χ3v) is 4.68. The van der Waals surface area contributed by atoms with Crippen LogP contribution in [-0.4, -0.2) is 20.2 Å². The van der Waals surface area contributed by atoms with Crippen molar-refractivity contribution in [3.05, 3.63) is 23.2 Å². The van der Waals surface area contributed by atoms with Gasteiger partial charge >= 0.3 is 0 Å². The highest BCUT2D eigenvalue weighted by Gasteiger charge is 2.28. The first-order valence-electron chi connectivity index (χ1n) is 7.38. The highest BCUT2D eigenvalue weighted by Crippen LogP contribution is 2.38. The van der Waals surface area contributed by atoms with Crippen molar-refractivity contribution in [2.45, 2.75) is 39.2 Å². The van der Waals surface area contributed by atoms with Crippen LogP contribution in [0.1, 0.15) is 39.2 Å². The third kappa shape index (κ3) is 2.75. The molecule has 0 bridgehead atoms. The average Bonchev–Trinajstić information content (AvgIpc) is 2.90. The molecule has 1 aromatic heterocycles. The Morgan fingerprint density at radius 3 is 2.62 bits per heavy atom. The first-order valence-corrected chi connectivity index (χ1v) is 7.76. The van der Waals surface area contributed by atoms with Crippen molar-refractivity contribution < 1.29 is 0 Å². The van der Waals surface area contributed by atoms with Gasteiger partial charge < -0.3 is 5.73 Å². The SMILES string of the molecule is CC1CC(C)CC(n2nnnc2-c2cccc(N)c2Cl)C1. The molecule has 2 N–H and O–H groups in total. The maximum absolute atomic E-state index is 6.32. The monoisotopic (exact) mass is 305 g/mol. The van der Waals surface area contributed by atoms with Crippen molar-refractivity contribution in [1.82, 2.24) is 20.2 Å². The molecule has 0 spiro atoms. The second-order valence-corrected chi connectivity index (χ2v) is 6.61. The number of anilines is 1. The summed E-state index contributed by atoms with van der Waals surface area (Å²) in [6, 6.07) is 5.90. The first kappa shape index (κ1) is 14.3.